The molecule has 6 heteroatoms. The van der Waals surface area contributed by atoms with Crippen molar-refractivity contribution in [3.63, 3.8) is 0 Å². The normalized spacial score (nSPS) is 19.9. The number of anilines is 1. The van der Waals surface area contributed by atoms with Gasteiger partial charge in [-0.25, -0.2) is 9.78 Å². The molecule has 1 saturated heterocycles. The zero-order valence-corrected chi connectivity index (χ0v) is 11.7. The molecule has 0 amide bonds. The Hall–Kier alpha value is -1.14. The zero-order chi connectivity index (χ0) is 13.1. The molecule has 1 atom stereocenters. The van der Waals surface area contributed by atoms with E-state index in [9.17, 15) is 4.79 Å². The lowest BCUT2D eigenvalue weighted by atomic mass is 10.1. The molecule has 5 nitrogen and oxygen atoms in total. The number of aromatic nitrogens is 1. The molecular weight excluding hydrogens is 300 g/mol. The predicted octanol–water partition coefficient (Wildman–Crippen LogP) is 2.16. The van der Waals surface area contributed by atoms with Crippen LogP contribution in [0, 0.1) is 0 Å². The Kier molecular flexibility index (Phi) is 4.19. The minimum Gasteiger partial charge on any atom is -0.478 e. The van der Waals surface area contributed by atoms with Crippen molar-refractivity contribution in [2.24, 2.45) is 0 Å². The Labute approximate surface area is 114 Å². The number of carboxylic acid groups (broad SMARTS) is 1. The number of carboxylic acids is 1. The van der Waals surface area contributed by atoms with Crippen molar-refractivity contribution < 1.29 is 14.6 Å². The van der Waals surface area contributed by atoms with E-state index in [1.165, 1.54) is 6.07 Å². The van der Waals surface area contributed by atoms with Crippen molar-refractivity contribution in [2.45, 2.75) is 19.4 Å². The number of morpholine rings is 1. The third-order valence-electron chi connectivity index (χ3n) is 3.02. The van der Waals surface area contributed by atoms with E-state index in [1.807, 2.05) is 0 Å². The van der Waals surface area contributed by atoms with Gasteiger partial charge in [0.25, 0.3) is 0 Å². The molecule has 0 radical (unpaired) electrons. The summed E-state index contributed by atoms with van der Waals surface area (Å²) >= 11 is 3.26. The van der Waals surface area contributed by atoms with Crippen LogP contribution < -0.4 is 4.90 Å². The smallest absolute Gasteiger partial charge is 0.335 e. The molecule has 0 aromatic carbocycles. The summed E-state index contributed by atoms with van der Waals surface area (Å²) in [7, 11) is 0. The minimum atomic E-state index is -0.944. The largest absolute Gasteiger partial charge is 0.478 e. The van der Waals surface area contributed by atoms with E-state index >= 15 is 0 Å². The predicted molar refractivity (Wildman–Crippen MR) is 71.1 cm³/mol. The minimum absolute atomic E-state index is 0.244. The number of hydrogen-bond donors (Lipinski definition) is 1. The highest BCUT2D eigenvalue weighted by Gasteiger charge is 2.23. The summed E-state index contributed by atoms with van der Waals surface area (Å²) in [6.45, 7) is 4.13. The first-order valence-corrected chi connectivity index (χ1v) is 6.66. The molecule has 0 bridgehead atoms. The summed E-state index contributed by atoms with van der Waals surface area (Å²) in [4.78, 5) is 17.5. The molecule has 0 spiro atoms. The van der Waals surface area contributed by atoms with E-state index in [2.05, 4.69) is 32.7 Å². The van der Waals surface area contributed by atoms with Gasteiger partial charge in [0.15, 0.2) is 0 Å². The van der Waals surface area contributed by atoms with E-state index in [4.69, 9.17) is 9.84 Å². The van der Waals surface area contributed by atoms with Crippen LogP contribution in [0.5, 0.6) is 0 Å². The van der Waals surface area contributed by atoms with Gasteiger partial charge in [-0.15, -0.1) is 0 Å². The van der Waals surface area contributed by atoms with Gasteiger partial charge in [0.05, 0.1) is 24.8 Å². The second-order valence-corrected chi connectivity index (χ2v) is 4.98. The van der Waals surface area contributed by atoms with Gasteiger partial charge >= 0.3 is 5.97 Å². The Morgan fingerprint density at radius 1 is 1.67 bits per heavy atom. The molecule has 0 aliphatic carbocycles. The first-order valence-electron chi connectivity index (χ1n) is 5.87. The number of pyridine rings is 1. The quantitative estimate of drug-likeness (QED) is 0.866. The van der Waals surface area contributed by atoms with Gasteiger partial charge in [-0.3, -0.25) is 0 Å². The first-order chi connectivity index (χ1) is 8.61. The third-order valence-corrected chi connectivity index (χ3v) is 3.43. The Balaban J connectivity index is 2.33. The van der Waals surface area contributed by atoms with E-state index in [1.54, 1.807) is 6.07 Å². The fourth-order valence-electron chi connectivity index (χ4n) is 2.05. The molecule has 2 rings (SSSR count). The molecule has 18 heavy (non-hydrogen) atoms. The van der Waals surface area contributed by atoms with Gasteiger partial charge in [0.2, 0.25) is 0 Å². The van der Waals surface area contributed by atoms with Crippen LogP contribution in [0.2, 0.25) is 0 Å². The molecule has 1 aromatic rings. The van der Waals surface area contributed by atoms with Crippen LogP contribution in [-0.4, -0.2) is 41.9 Å². The summed E-state index contributed by atoms with van der Waals surface area (Å²) in [5.41, 5.74) is 0.244. The second kappa shape index (κ2) is 5.67. The molecule has 1 aromatic heterocycles. The van der Waals surface area contributed by atoms with Crippen molar-refractivity contribution >= 4 is 27.7 Å². The number of nitrogens with zero attached hydrogens (tertiary/aromatic N) is 2. The summed E-state index contributed by atoms with van der Waals surface area (Å²) < 4.78 is 5.98. The van der Waals surface area contributed by atoms with Crippen LogP contribution in [0.15, 0.2) is 16.7 Å². The number of carbonyl (C=O) groups is 1. The Morgan fingerprint density at radius 2 is 2.44 bits per heavy atom. The topological polar surface area (TPSA) is 62.7 Å². The van der Waals surface area contributed by atoms with E-state index in [0.717, 1.165) is 13.0 Å². The molecule has 1 aliphatic rings. The van der Waals surface area contributed by atoms with Gasteiger partial charge in [0, 0.05) is 6.54 Å². The van der Waals surface area contributed by atoms with Crippen LogP contribution >= 0.6 is 15.9 Å². The number of halogens is 1. The van der Waals surface area contributed by atoms with Gasteiger partial charge in [-0.05, 0) is 34.5 Å². The van der Waals surface area contributed by atoms with Gasteiger partial charge < -0.3 is 14.7 Å². The molecular formula is C12H15BrN2O3. The lowest BCUT2D eigenvalue weighted by Crippen LogP contribution is -2.45. The SMILES string of the molecule is CC[C@H]1COCCN1c1cc(C(=O)O)cc(Br)n1. The molecule has 1 aliphatic heterocycles. The van der Waals surface area contributed by atoms with Crippen LogP contribution in [0.25, 0.3) is 0 Å². The van der Waals surface area contributed by atoms with Crippen molar-refractivity contribution in [3.8, 4) is 0 Å². The molecule has 98 valence electrons. The average molecular weight is 315 g/mol. The molecule has 0 unspecified atom stereocenters. The highest BCUT2D eigenvalue weighted by Crippen LogP contribution is 2.23. The standard InChI is InChI=1S/C12H15BrN2O3/c1-2-9-7-18-4-3-15(9)11-6-8(12(16)17)5-10(13)14-11/h5-6,9H,2-4,7H2,1H3,(H,16,17)/t9-/m0/s1. The summed E-state index contributed by atoms with van der Waals surface area (Å²) in [5, 5.41) is 9.06. The fourth-order valence-corrected chi connectivity index (χ4v) is 2.48. The second-order valence-electron chi connectivity index (χ2n) is 4.17. The van der Waals surface area contributed by atoms with E-state index in [0.29, 0.717) is 23.6 Å². The number of aromatic carboxylic acids is 1. The Morgan fingerprint density at radius 3 is 3.11 bits per heavy atom. The van der Waals surface area contributed by atoms with Crippen LogP contribution in [-0.2, 0) is 4.74 Å². The maximum Gasteiger partial charge on any atom is 0.335 e. The average Bonchev–Trinajstić information content (AvgIpc) is 2.38. The van der Waals surface area contributed by atoms with Crippen molar-refractivity contribution in [2.75, 3.05) is 24.7 Å². The molecule has 0 saturated carbocycles. The first kappa shape index (κ1) is 13.3. The lowest BCUT2D eigenvalue weighted by Gasteiger charge is -2.36. The highest BCUT2D eigenvalue weighted by molar-refractivity contribution is 9.10. The monoisotopic (exact) mass is 314 g/mol. The third kappa shape index (κ3) is 2.81. The van der Waals surface area contributed by atoms with Gasteiger partial charge in [-0.2, -0.15) is 0 Å². The van der Waals surface area contributed by atoms with E-state index in [-0.39, 0.29) is 11.6 Å². The summed E-state index contributed by atoms with van der Waals surface area (Å²) in [6, 6.07) is 3.37. The number of ether oxygens (including phenoxy) is 1. The zero-order valence-electron chi connectivity index (χ0n) is 10.1. The van der Waals surface area contributed by atoms with Crippen LogP contribution in [0.1, 0.15) is 23.7 Å². The summed E-state index contributed by atoms with van der Waals surface area (Å²) in [5.74, 6) is -0.252. The van der Waals surface area contributed by atoms with Crippen molar-refractivity contribution in [1.29, 1.82) is 0 Å². The maximum absolute atomic E-state index is 11.0. The van der Waals surface area contributed by atoms with Gasteiger partial charge in [0.1, 0.15) is 10.4 Å². The molecule has 1 N–H and O–H groups in total. The van der Waals surface area contributed by atoms with Crippen LogP contribution in [0.4, 0.5) is 5.82 Å². The van der Waals surface area contributed by atoms with Crippen LogP contribution in [0.3, 0.4) is 0 Å². The Bertz CT molecular complexity index is 453. The van der Waals surface area contributed by atoms with Crippen molar-refractivity contribution in [1.82, 2.24) is 4.98 Å². The molecule has 1 fully saturated rings. The van der Waals surface area contributed by atoms with Gasteiger partial charge in [-0.1, -0.05) is 6.92 Å². The number of hydrogen-bond acceptors (Lipinski definition) is 4. The van der Waals surface area contributed by atoms with Crippen molar-refractivity contribution in [3.05, 3.63) is 22.3 Å². The lowest BCUT2D eigenvalue weighted by molar-refractivity contribution is 0.0696. The summed E-state index contributed by atoms with van der Waals surface area (Å²) in [6.07, 6.45) is 0.941. The maximum atomic E-state index is 11.0. The highest BCUT2D eigenvalue weighted by atomic mass is 79.9. The van der Waals surface area contributed by atoms with E-state index < -0.39 is 5.97 Å². The molecule has 2 heterocycles. The fraction of sp³-hybridized carbons (Fsp3) is 0.500. The number of rotatable bonds is 3.